The highest BCUT2D eigenvalue weighted by Crippen LogP contribution is 2.41. The van der Waals surface area contributed by atoms with Crippen molar-refractivity contribution in [3.63, 3.8) is 0 Å². The minimum atomic E-state index is -4.70. The molecule has 1 aromatic carbocycles. The van der Waals surface area contributed by atoms with Gasteiger partial charge in [0.15, 0.2) is 5.13 Å². The lowest BCUT2D eigenvalue weighted by Gasteiger charge is -2.31. The molecule has 16 heteroatoms. The third kappa shape index (κ3) is 7.23. The predicted octanol–water partition coefficient (Wildman–Crippen LogP) is 5.41. The number of nitrogens with one attached hydrogen (secondary N) is 1. The number of nitrogens with zero attached hydrogens (tertiary/aromatic N) is 5. The van der Waals surface area contributed by atoms with Crippen LogP contribution in [0.15, 0.2) is 30.6 Å². The smallest absolute Gasteiger partial charge is 0.419 e. The Morgan fingerprint density at radius 3 is 2.41 bits per heavy atom. The Morgan fingerprint density at radius 1 is 1.11 bits per heavy atom. The topological polar surface area (TPSA) is 121 Å². The number of aliphatic carboxylic acids is 1. The molecular formula is C28H29F5N6O4S. The first-order chi connectivity index (χ1) is 20.8. The largest absolute Gasteiger partial charge is 0.496 e. The molecule has 10 nitrogen and oxygen atoms in total. The Kier molecular flexibility index (Phi) is 9.02. The summed E-state index contributed by atoms with van der Waals surface area (Å²) in [4.78, 5) is 41.3. The molecule has 2 aromatic heterocycles. The van der Waals surface area contributed by atoms with Gasteiger partial charge in [0, 0.05) is 56.0 Å². The summed E-state index contributed by atoms with van der Waals surface area (Å²) in [5, 5.41) is 11.9. The van der Waals surface area contributed by atoms with Gasteiger partial charge >= 0.3 is 12.1 Å². The lowest BCUT2D eigenvalue weighted by molar-refractivity contribution is -0.142. The van der Waals surface area contributed by atoms with E-state index in [0.717, 1.165) is 24.5 Å². The van der Waals surface area contributed by atoms with Crippen molar-refractivity contribution in [1.82, 2.24) is 19.9 Å². The van der Waals surface area contributed by atoms with Crippen molar-refractivity contribution in [1.29, 1.82) is 0 Å². The van der Waals surface area contributed by atoms with E-state index in [2.05, 4.69) is 20.3 Å². The van der Waals surface area contributed by atoms with E-state index in [4.69, 9.17) is 4.74 Å². The minimum absolute atomic E-state index is 0.0328. The third-order valence-corrected chi connectivity index (χ3v) is 8.65. The van der Waals surface area contributed by atoms with Crippen molar-refractivity contribution >= 4 is 34.2 Å². The Morgan fingerprint density at radius 2 is 1.82 bits per heavy atom. The summed E-state index contributed by atoms with van der Waals surface area (Å²) in [6.07, 6.45) is -1.76. The van der Waals surface area contributed by atoms with Crippen molar-refractivity contribution in [3.8, 4) is 17.0 Å². The van der Waals surface area contributed by atoms with E-state index < -0.39 is 35.5 Å². The summed E-state index contributed by atoms with van der Waals surface area (Å²) in [6, 6.07) is 3.52. The average Bonchev–Trinajstić information content (AvgIpc) is 3.39. The van der Waals surface area contributed by atoms with E-state index in [0.29, 0.717) is 36.6 Å². The molecule has 3 aromatic rings. The average molecular weight is 641 g/mol. The molecule has 0 atom stereocenters. The van der Waals surface area contributed by atoms with Gasteiger partial charge in [-0.3, -0.25) is 19.8 Å². The zero-order valence-electron chi connectivity index (χ0n) is 23.5. The summed E-state index contributed by atoms with van der Waals surface area (Å²) < 4.78 is 73.7. The number of likely N-dealkylation sites (tertiary alicyclic amines) is 1. The minimum Gasteiger partial charge on any atom is -0.496 e. The summed E-state index contributed by atoms with van der Waals surface area (Å²) in [5.41, 5.74) is -0.721. The van der Waals surface area contributed by atoms with Crippen LogP contribution in [-0.4, -0.2) is 76.0 Å². The molecular weight excluding hydrogens is 611 g/mol. The number of anilines is 2. The Bertz CT molecular complexity index is 1500. The van der Waals surface area contributed by atoms with Gasteiger partial charge < -0.3 is 14.7 Å². The van der Waals surface area contributed by atoms with Crippen molar-refractivity contribution in [3.05, 3.63) is 46.7 Å². The highest BCUT2D eigenvalue weighted by molar-refractivity contribution is 7.16. The highest BCUT2D eigenvalue weighted by Gasteiger charge is 2.36. The molecule has 0 unspecified atom stereocenters. The Balaban J connectivity index is 1.36. The molecule has 4 heterocycles. The number of amides is 1. The van der Waals surface area contributed by atoms with Gasteiger partial charge in [0.25, 0.3) is 11.8 Å². The van der Waals surface area contributed by atoms with Crippen LogP contribution in [0.1, 0.15) is 46.6 Å². The summed E-state index contributed by atoms with van der Waals surface area (Å²) in [5.74, 6) is -4.53. The standard InChI is InChI=1S/C28H29F5N6O4S/c1-43-20-3-2-17(12-18(20)28(31,32)33)23-21(15-38-10-6-27(29,30)7-11-38)44-26(36-23)37-24(40)19-13-35-22(14-34-19)39-8-4-16(5-9-39)25(41)42/h2-3,12-14,16H,4-11,15H2,1H3,(H,41,42)(H,36,37,40). The molecule has 2 N–H and O–H groups in total. The van der Waals surface area contributed by atoms with Crippen molar-refractivity contribution in [2.75, 3.05) is 43.5 Å². The van der Waals surface area contributed by atoms with E-state index in [-0.39, 0.29) is 60.3 Å². The second-order valence-electron chi connectivity index (χ2n) is 10.6. The third-order valence-electron chi connectivity index (χ3n) is 7.69. The monoisotopic (exact) mass is 640 g/mol. The van der Waals surface area contributed by atoms with Crippen molar-refractivity contribution in [2.45, 2.75) is 44.3 Å². The quantitative estimate of drug-likeness (QED) is 0.312. The molecule has 2 saturated heterocycles. The number of rotatable bonds is 8. The van der Waals surface area contributed by atoms with Gasteiger partial charge in [0.2, 0.25) is 0 Å². The van der Waals surface area contributed by atoms with E-state index in [9.17, 15) is 36.6 Å². The number of hydrogen-bond acceptors (Lipinski definition) is 9. The number of methoxy groups -OCH3 is 1. The van der Waals surface area contributed by atoms with Gasteiger partial charge in [-0.2, -0.15) is 13.2 Å². The van der Waals surface area contributed by atoms with Crippen LogP contribution in [0, 0.1) is 5.92 Å². The van der Waals surface area contributed by atoms with E-state index >= 15 is 0 Å². The van der Waals surface area contributed by atoms with Crippen LogP contribution in [0.4, 0.5) is 32.9 Å². The number of ether oxygens (including phenoxy) is 1. The van der Waals surface area contributed by atoms with Gasteiger partial charge in [-0.15, -0.1) is 0 Å². The number of alkyl halides is 5. The summed E-state index contributed by atoms with van der Waals surface area (Å²) >= 11 is 1.03. The summed E-state index contributed by atoms with van der Waals surface area (Å²) in [7, 11) is 1.13. The van der Waals surface area contributed by atoms with Gasteiger partial charge in [-0.1, -0.05) is 11.3 Å². The highest BCUT2D eigenvalue weighted by atomic mass is 32.1. The molecule has 1 amide bonds. The van der Waals surface area contributed by atoms with Gasteiger partial charge in [0.05, 0.1) is 36.7 Å². The number of carbonyl (C=O) groups is 2. The van der Waals surface area contributed by atoms with E-state index in [1.165, 1.54) is 24.5 Å². The van der Waals surface area contributed by atoms with Crippen LogP contribution >= 0.6 is 11.3 Å². The van der Waals surface area contributed by atoms with Crippen LogP contribution in [-0.2, 0) is 17.5 Å². The molecule has 2 aliphatic rings. The normalized spacial score (nSPS) is 17.8. The number of benzene rings is 1. The molecule has 2 aliphatic heterocycles. The number of carboxylic acids is 1. The molecule has 0 aliphatic carbocycles. The number of carbonyl (C=O) groups excluding carboxylic acids is 1. The van der Waals surface area contributed by atoms with Gasteiger partial charge in [-0.25, -0.2) is 23.7 Å². The maximum absolute atomic E-state index is 13.8. The Hall–Kier alpha value is -3.92. The molecule has 236 valence electrons. The fourth-order valence-electron chi connectivity index (χ4n) is 5.17. The zero-order valence-corrected chi connectivity index (χ0v) is 24.4. The second kappa shape index (κ2) is 12.6. The number of piperidine rings is 2. The first-order valence-corrected chi connectivity index (χ1v) is 14.6. The molecule has 0 radical (unpaired) electrons. The fourth-order valence-corrected chi connectivity index (χ4v) is 6.20. The van der Waals surface area contributed by atoms with E-state index in [1.807, 2.05) is 4.90 Å². The molecule has 5 rings (SSSR count). The number of carboxylic acid groups (broad SMARTS) is 1. The molecule has 0 spiro atoms. The maximum atomic E-state index is 13.8. The zero-order chi connectivity index (χ0) is 31.6. The van der Waals surface area contributed by atoms with Crippen LogP contribution in [0.5, 0.6) is 5.75 Å². The van der Waals surface area contributed by atoms with E-state index in [1.54, 1.807) is 4.90 Å². The lowest BCUT2D eigenvalue weighted by atomic mass is 9.97. The molecule has 44 heavy (non-hydrogen) atoms. The predicted molar refractivity (Wildman–Crippen MR) is 151 cm³/mol. The lowest BCUT2D eigenvalue weighted by Crippen LogP contribution is -2.38. The molecule has 2 fully saturated rings. The van der Waals surface area contributed by atoms with Gasteiger partial charge in [-0.05, 0) is 31.0 Å². The SMILES string of the molecule is COc1ccc(-c2nc(NC(=O)c3cnc(N4CCC(C(=O)O)CC4)cn3)sc2CN2CCC(F)(F)CC2)cc1C(F)(F)F. The van der Waals surface area contributed by atoms with Crippen LogP contribution in [0.2, 0.25) is 0 Å². The first kappa shape index (κ1) is 31.5. The fraction of sp³-hybridized carbons (Fsp3) is 0.464. The van der Waals surface area contributed by atoms with Crippen LogP contribution in [0.25, 0.3) is 11.3 Å². The number of aromatic nitrogens is 3. The first-order valence-electron chi connectivity index (χ1n) is 13.8. The summed E-state index contributed by atoms with van der Waals surface area (Å²) in [6.45, 7) is 1.31. The van der Waals surface area contributed by atoms with Crippen LogP contribution in [0.3, 0.4) is 0 Å². The van der Waals surface area contributed by atoms with Crippen molar-refractivity contribution in [2.24, 2.45) is 5.92 Å². The van der Waals surface area contributed by atoms with Crippen LogP contribution < -0.4 is 15.0 Å². The molecule has 0 bridgehead atoms. The number of thiazole rings is 1. The molecule has 0 saturated carbocycles. The number of hydrogen-bond donors (Lipinski definition) is 2. The Labute approximate surface area is 252 Å². The number of halogens is 5. The van der Waals surface area contributed by atoms with Gasteiger partial charge in [0.1, 0.15) is 17.3 Å². The van der Waals surface area contributed by atoms with Crippen molar-refractivity contribution < 1.29 is 41.4 Å². The maximum Gasteiger partial charge on any atom is 0.419 e. The second-order valence-corrected chi connectivity index (χ2v) is 11.7.